The molecule has 2 N–H and O–H groups in total. The Hall–Kier alpha value is -1.90. The van der Waals surface area contributed by atoms with Crippen LogP contribution >= 0.6 is 23.7 Å². The molecule has 0 bridgehead atoms. The molecule has 0 radical (unpaired) electrons. The van der Waals surface area contributed by atoms with Gasteiger partial charge in [-0.25, -0.2) is 4.39 Å². The predicted octanol–water partition coefficient (Wildman–Crippen LogP) is 4.54. The van der Waals surface area contributed by atoms with Crippen molar-refractivity contribution >= 4 is 41.1 Å². The summed E-state index contributed by atoms with van der Waals surface area (Å²) in [4.78, 5) is 15.5. The number of thioether (sulfide) groups is 1. The minimum atomic E-state index is -0.786. The number of hydrogen-bond acceptors (Lipinski definition) is 6. The highest BCUT2D eigenvalue weighted by Gasteiger charge is 2.51. The van der Waals surface area contributed by atoms with Crippen molar-refractivity contribution in [2.45, 2.75) is 22.6 Å². The summed E-state index contributed by atoms with van der Waals surface area (Å²) in [5.74, 6) is -0.340. The molecule has 0 unspecified atom stereocenters. The number of anilines is 2. The summed E-state index contributed by atoms with van der Waals surface area (Å²) < 4.78 is 22.6. The molecule has 1 aliphatic heterocycles. The highest BCUT2D eigenvalue weighted by molar-refractivity contribution is 7.98. The number of fused-ring (bicyclic) bond motifs is 1. The zero-order valence-electron chi connectivity index (χ0n) is 15.4. The SMILES string of the molecule is CSc1cc2c(cc1OCC1(C(=O)O)CC1)SNCCN2c1ccc(F)cc1. The summed E-state index contributed by atoms with van der Waals surface area (Å²) >= 11 is 3.09. The quantitative estimate of drug-likeness (QED) is 0.525. The molecule has 0 atom stereocenters. The molecule has 4 rings (SSSR count). The van der Waals surface area contributed by atoms with Gasteiger partial charge in [0.15, 0.2) is 0 Å². The molecule has 5 nitrogen and oxygen atoms in total. The number of halogens is 1. The van der Waals surface area contributed by atoms with E-state index in [9.17, 15) is 14.3 Å². The number of nitrogens with zero attached hydrogens (tertiary/aromatic N) is 1. The van der Waals surface area contributed by atoms with Crippen LogP contribution in [0, 0.1) is 11.2 Å². The summed E-state index contributed by atoms with van der Waals surface area (Å²) in [5.41, 5.74) is 1.22. The van der Waals surface area contributed by atoms with E-state index in [1.54, 1.807) is 23.9 Å². The number of carbonyl (C=O) groups is 1. The predicted molar refractivity (Wildman–Crippen MR) is 110 cm³/mol. The molecule has 1 heterocycles. The van der Waals surface area contributed by atoms with Gasteiger partial charge in [0.1, 0.15) is 23.6 Å². The molecular weight excluding hydrogens is 399 g/mol. The number of nitrogens with one attached hydrogen (secondary N) is 1. The summed E-state index contributed by atoms with van der Waals surface area (Å²) in [6, 6.07) is 10.5. The molecule has 0 aromatic heterocycles. The van der Waals surface area contributed by atoms with E-state index in [1.165, 1.54) is 24.1 Å². The van der Waals surface area contributed by atoms with E-state index in [4.69, 9.17) is 4.74 Å². The fourth-order valence-corrected chi connectivity index (χ4v) is 4.52. The lowest BCUT2D eigenvalue weighted by atomic mass is 10.1. The van der Waals surface area contributed by atoms with Crippen LogP contribution in [0.4, 0.5) is 15.8 Å². The Morgan fingerprint density at radius 2 is 2.11 bits per heavy atom. The van der Waals surface area contributed by atoms with Gasteiger partial charge in [-0.3, -0.25) is 9.52 Å². The Balaban J connectivity index is 1.66. The Kier molecular flexibility index (Phi) is 5.44. The van der Waals surface area contributed by atoms with Gasteiger partial charge in [-0.05, 0) is 67.4 Å². The number of rotatable bonds is 6. The Bertz CT molecular complexity index is 888. The lowest BCUT2D eigenvalue weighted by molar-refractivity contribution is -0.144. The van der Waals surface area contributed by atoms with Gasteiger partial charge in [-0.1, -0.05) is 0 Å². The van der Waals surface area contributed by atoms with Gasteiger partial charge in [0.2, 0.25) is 0 Å². The maximum absolute atomic E-state index is 13.3. The molecule has 2 aromatic rings. The Morgan fingerprint density at radius 3 is 2.75 bits per heavy atom. The Labute approximate surface area is 171 Å². The molecule has 148 valence electrons. The molecular formula is C20H21FN2O3S2. The molecule has 0 amide bonds. The van der Waals surface area contributed by atoms with Crippen LogP contribution in [-0.4, -0.2) is 37.0 Å². The average molecular weight is 421 g/mol. The second-order valence-electron chi connectivity index (χ2n) is 6.97. The first-order valence-electron chi connectivity index (χ1n) is 9.03. The number of carboxylic acid groups (broad SMARTS) is 1. The first-order chi connectivity index (χ1) is 13.5. The van der Waals surface area contributed by atoms with Crippen LogP contribution in [-0.2, 0) is 4.79 Å². The maximum Gasteiger partial charge on any atom is 0.313 e. The molecule has 1 saturated carbocycles. The van der Waals surface area contributed by atoms with E-state index in [0.29, 0.717) is 18.6 Å². The van der Waals surface area contributed by atoms with E-state index < -0.39 is 11.4 Å². The van der Waals surface area contributed by atoms with Gasteiger partial charge in [-0.15, -0.1) is 11.8 Å². The van der Waals surface area contributed by atoms with Crippen molar-refractivity contribution in [3.63, 3.8) is 0 Å². The van der Waals surface area contributed by atoms with Crippen molar-refractivity contribution in [3.8, 4) is 5.75 Å². The molecule has 28 heavy (non-hydrogen) atoms. The third kappa shape index (κ3) is 3.81. The van der Waals surface area contributed by atoms with E-state index in [0.717, 1.165) is 34.3 Å². The lowest BCUT2D eigenvalue weighted by Gasteiger charge is -2.26. The van der Waals surface area contributed by atoms with Crippen LogP contribution in [0.2, 0.25) is 0 Å². The van der Waals surface area contributed by atoms with Gasteiger partial charge in [0.05, 0.1) is 15.5 Å². The fraction of sp³-hybridized carbons (Fsp3) is 0.350. The van der Waals surface area contributed by atoms with Crippen molar-refractivity contribution in [1.29, 1.82) is 0 Å². The molecule has 2 aliphatic rings. The number of benzene rings is 2. The van der Waals surface area contributed by atoms with Crippen LogP contribution in [0.15, 0.2) is 46.2 Å². The zero-order chi connectivity index (χ0) is 19.7. The summed E-state index contributed by atoms with van der Waals surface area (Å²) in [6.45, 7) is 1.71. The second kappa shape index (κ2) is 7.85. The van der Waals surface area contributed by atoms with Crippen molar-refractivity contribution < 1.29 is 19.0 Å². The van der Waals surface area contributed by atoms with Crippen LogP contribution in [0.25, 0.3) is 0 Å². The van der Waals surface area contributed by atoms with Crippen molar-refractivity contribution in [2.75, 3.05) is 30.9 Å². The van der Waals surface area contributed by atoms with E-state index in [2.05, 4.69) is 15.7 Å². The van der Waals surface area contributed by atoms with Crippen LogP contribution in [0.1, 0.15) is 12.8 Å². The first kappa shape index (κ1) is 19.4. The molecule has 0 saturated heterocycles. The van der Waals surface area contributed by atoms with Crippen molar-refractivity contribution in [2.24, 2.45) is 5.41 Å². The molecule has 8 heteroatoms. The van der Waals surface area contributed by atoms with E-state index >= 15 is 0 Å². The van der Waals surface area contributed by atoms with Gasteiger partial charge < -0.3 is 14.7 Å². The fourth-order valence-electron chi connectivity index (χ4n) is 3.18. The van der Waals surface area contributed by atoms with Crippen LogP contribution in [0.3, 0.4) is 0 Å². The average Bonchev–Trinajstić information content (AvgIpc) is 3.50. The third-order valence-corrected chi connectivity index (χ3v) is 6.76. The summed E-state index contributed by atoms with van der Waals surface area (Å²) in [5, 5.41) is 9.39. The number of ether oxygens (including phenoxy) is 1. The van der Waals surface area contributed by atoms with Gasteiger partial charge in [-0.2, -0.15) is 0 Å². The second-order valence-corrected chi connectivity index (χ2v) is 8.75. The molecule has 1 fully saturated rings. The highest BCUT2D eigenvalue weighted by atomic mass is 32.2. The minimum Gasteiger partial charge on any atom is -0.491 e. The standard InChI is InChI=1S/C20H21FN2O3S2/c1-27-18-10-15-17(11-16(18)26-12-20(6-7-20)19(24)25)28-22-8-9-23(15)14-4-2-13(21)3-5-14/h2-5,10-11,22H,6-9,12H2,1H3,(H,24,25). The maximum atomic E-state index is 13.3. The van der Waals surface area contributed by atoms with Gasteiger partial charge in [0.25, 0.3) is 0 Å². The monoisotopic (exact) mass is 420 g/mol. The highest BCUT2D eigenvalue weighted by Crippen LogP contribution is 2.48. The lowest BCUT2D eigenvalue weighted by Crippen LogP contribution is -2.24. The van der Waals surface area contributed by atoms with E-state index in [-0.39, 0.29) is 12.4 Å². The summed E-state index contributed by atoms with van der Waals surface area (Å²) in [7, 11) is 0. The molecule has 1 aliphatic carbocycles. The third-order valence-electron chi connectivity index (χ3n) is 5.11. The van der Waals surface area contributed by atoms with Crippen LogP contribution < -0.4 is 14.4 Å². The number of carboxylic acids is 1. The number of aliphatic carboxylic acids is 1. The van der Waals surface area contributed by atoms with Gasteiger partial charge >= 0.3 is 5.97 Å². The summed E-state index contributed by atoms with van der Waals surface area (Å²) in [6.07, 6.45) is 3.30. The van der Waals surface area contributed by atoms with Crippen molar-refractivity contribution in [3.05, 3.63) is 42.2 Å². The minimum absolute atomic E-state index is 0.189. The zero-order valence-corrected chi connectivity index (χ0v) is 17.0. The molecule has 0 spiro atoms. The topological polar surface area (TPSA) is 61.8 Å². The Morgan fingerprint density at radius 1 is 1.36 bits per heavy atom. The van der Waals surface area contributed by atoms with E-state index in [1.807, 2.05) is 12.3 Å². The van der Waals surface area contributed by atoms with Crippen LogP contribution in [0.5, 0.6) is 5.75 Å². The smallest absolute Gasteiger partial charge is 0.313 e. The molecule has 2 aromatic carbocycles. The normalized spacial score (nSPS) is 17.6. The van der Waals surface area contributed by atoms with Gasteiger partial charge in [0, 0.05) is 18.8 Å². The number of hydrogen-bond donors (Lipinski definition) is 2. The van der Waals surface area contributed by atoms with Crippen molar-refractivity contribution in [1.82, 2.24) is 4.72 Å². The first-order valence-corrected chi connectivity index (χ1v) is 11.1. The largest absolute Gasteiger partial charge is 0.491 e.